The molecule has 0 saturated carbocycles. The van der Waals surface area contributed by atoms with Crippen molar-refractivity contribution in [1.82, 2.24) is 5.32 Å². The van der Waals surface area contributed by atoms with Crippen LogP contribution in [0.1, 0.15) is 16.7 Å². The number of nitrogens with one attached hydrogen (secondary N) is 1. The summed E-state index contributed by atoms with van der Waals surface area (Å²) in [7, 11) is 0.526. The van der Waals surface area contributed by atoms with Crippen molar-refractivity contribution in [1.29, 1.82) is 0 Å². The van der Waals surface area contributed by atoms with E-state index in [1.165, 1.54) is 33.5 Å². The molecule has 0 bridgehead atoms. The van der Waals surface area contributed by atoms with E-state index in [2.05, 4.69) is 5.32 Å². The lowest BCUT2D eigenvalue weighted by Gasteiger charge is -2.26. The molecular formula is C26H30N2O6S. The Morgan fingerprint density at radius 3 is 2.20 bits per heavy atom. The molecule has 1 N–H and O–H groups in total. The fourth-order valence-corrected chi connectivity index (χ4v) is 5.19. The molecule has 0 heterocycles. The van der Waals surface area contributed by atoms with Gasteiger partial charge in [0.15, 0.2) is 11.5 Å². The van der Waals surface area contributed by atoms with Crippen molar-refractivity contribution < 1.29 is 27.4 Å². The lowest BCUT2D eigenvalue weighted by molar-refractivity contribution is -0.119. The van der Waals surface area contributed by atoms with Crippen LogP contribution < -0.4 is 23.8 Å². The van der Waals surface area contributed by atoms with Gasteiger partial charge in [-0.1, -0.05) is 30.3 Å². The number of methoxy groups -OCH3 is 3. The minimum absolute atomic E-state index is 0.106. The molecule has 0 spiro atoms. The van der Waals surface area contributed by atoms with Crippen molar-refractivity contribution in [2.75, 3.05) is 32.2 Å². The minimum atomic E-state index is -3.99. The van der Waals surface area contributed by atoms with Crippen molar-refractivity contribution >= 4 is 21.6 Å². The lowest BCUT2D eigenvalue weighted by Crippen LogP contribution is -2.41. The van der Waals surface area contributed by atoms with Crippen LogP contribution in [0.3, 0.4) is 0 Å². The van der Waals surface area contributed by atoms with Gasteiger partial charge in [0.05, 0.1) is 31.9 Å². The zero-order valence-corrected chi connectivity index (χ0v) is 21.3. The standard InChI is InChI=1S/C26H30N2O6S/c1-18-11-12-19(2)22(15-18)28(35(30,31)21-9-7-6-8-10-21)17-24(29)27-16-20-13-14-23(32-3)26(34-5)25(20)33-4/h6-15H,16-17H2,1-5H3,(H,27,29). The summed E-state index contributed by atoms with van der Waals surface area (Å²) in [5.41, 5.74) is 2.73. The van der Waals surface area contributed by atoms with E-state index in [-0.39, 0.29) is 11.4 Å². The van der Waals surface area contributed by atoms with Gasteiger partial charge in [-0.15, -0.1) is 0 Å². The molecule has 0 aromatic heterocycles. The smallest absolute Gasteiger partial charge is 0.264 e. The number of sulfonamides is 1. The van der Waals surface area contributed by atoms with Gasteiger partial charge in [0.1, 0.15) is 6.54 Å². The molecule has 0 atom stereocenters. The molecule has 0 radical (unpaired) electrons. The summed E-state index contributed by atoms with van der Waals surface area (Å²) in [6.07, 6.45) is 0. The quantitative estimate of drug-likeness (QED) is 0.457. The molecule has 0 aliphatic heterocycles. The predicted molar refractivity (Wildman–Crippen MR) is 135 cm³/mol. The molecule has 186 valence electrons. The van der Waals surface area contributed by atoms with E-state index in [1.54, 1.807) is 36.4 Å². The van der Waals surface area contributed by atoms with Crippen molar-refractivity contribution in [2.24, 2.45) is 0 Å². The number of carbonyl (C=O) groups is 1. The first-order chi connectivity index (χ1) is 16.7. The molecular weight excluding hydrogens is 468 g/mol. The number of hydrogen-bond donors (Lipinski definition) is 1. The van der Waals surface area contributed by atoms with Crippen LogP contribution >= 0.6 is 0 Å². The number of amides is 1. The summed E-state index contributed by atoms with van der Waals surface area (Å²) in [5.74, 6) is 0.859. The maximum atomic E-state index is 13.6. The van der Waals surface area contributed by atoms with Crippen LogP contribution in [0.2, 0.25) is 0 Å². The Bertz CT molecular complexity index is 1290. The van der Waals surface area contributed by atoms with Crippen molar-refractivity contribution in [2.45, 2.75) is 25.3 Å². The van der Waals surface area contributed by atoms with Gasteiger partial charge < -0.3 is 19.5 Å². The average Bonchev–Trinajstić information content (AvgIpc) is 2.87. The van der Waals surface area contributed by atoms with E-state index in [0.717, 1.165) is 15.4 Å². The first-order valence-corrected chi connectivity index (χ1v) is 12.4. The number of nitrogens with zero attached hydrogens (tertiary/aromatic N) is 1. The Morgan fingerprint density at radius 1 is 0.886 bits per heavy atom. The number of carbonyl (C=O) groups excluding carboxylic acids is 1. The van der Waals surface area contributed by atoms with Crippen molar-refractivity contribution in [3.63, 3.8) is 0 Å². The summed E-state index contributed by atoms with van der Waals surface area (Å²) in [4.78, 5) is 13.1. The van der Waals surface area contributed by atoms with E-state index in [9.17, 15) is 13.2 Å². The van der Waals surface area contributed by atoms with Crippen LogP contribution in [0.5, 0.6) is 17.2 Å². The Balaban J connectivity index is 1.90. The molecule has 0 unspecified atom stereocenters. The Kier molecular flexibility index (Phi) is 8.24. The highest BCUT2D eigenvalue weighted by atomic mass is 32.2. The fraction of sp³-hybridized carbons (Fsp3) is 0.269. The van der Waals surface area contributed by atoms with Gasteiger partial charge in [0, 0.05) is 12.1 Å². The lowest BCUT2D eigenvalue weighted by atomic mass is 10.1. The van der Waals surface area contributed by atoms with Gasteiger partial charge in [-0.05, 0) is 55.3 Å². The summed E-state index contributed by atoms with van der Waals surface area (Å²) < 4.78 is 44.4. The van der Waals surface area contributed by atoms with Gasteiger partial charge in [-0.25, -0.2) is 8.42 Å². The molecule has 8 nitrogen and oxygen atoms in total. The van der Waals surface area contributed by atoms with E-state index >= 15 is 0 Å². The molecule has 0 aliphatic rings. The highest BCUT2D eigenvalue weighted by molar-refractivity contribution is 7.92. The van der Waals surface area contributed by atoms with E-state index < -0.39 is 22.5 Å². The highest BCUT2D eigenvalue weighted by Gasteiger charge is 2.28. The third-order valence-corrected chi connectivity index (χ3v) is 7.29. The minimum Gasteiger partial charge on any atom is -0.493 e. The van der Waals surface area contributed by atoms with E-state index in [1.807, 2.05) is 26.0 Å². The molecule has 1 amide bonds. The highest BCUT2D eigenvalue weighted by Crippen LogP contribution is 2.39. The number of ether oxygens (including phenoxy) is 3. The first-order valence-electron chi connectivity index (χ1n) is 10.9. The van der Waals surface area contributed by atoms with Crippen LogP contribution in [0.15, 0.2) is 65.6 Å². The zero-order valence-electron chi connectivity index (χ0n) is 20.5. The topological polar surface area (TPSA) is 94.2 Å². The van der Waals surface area contributed by atoms with Crippen LogP contribution in [0.25, 0.3) is 0 Å². The van der Waals surface area contributed by atoms with Gasteiger partial charge >= 0.3 is 0 Å². The van der Waals surface area contributed by atoms with Gasteiger partial charge in [0.2, 0.25) is 11.7 Å². The maximum absolute atomic E-state index is 13.6. The summed E-state index contributed by atoms with van der Waals surface area (Å²) in [6.45, 7) is 3.40. The molecule has 0 fully saturated rings. The summed E-state index contributed by atoms with van der Waals surface area (Å²) >= 11 is 0. The third-order valence-electron chi connectivity index (χ3n) is 5.51. The maximum Gasteiger partial charge on any atom is 0.264 e. The van der Waals surface area contributed by atoms with Crippen LogP contribution in [0, 0.1) is 13.8 Å². The molecule has 3 aromatic carbocycles. The summed E-state index contributed by atoms with van der Waals surface area (Å²) in [5, 5.41) is 2.80. The monoisotopic (exact) mass is 498 g/mol. The Labute approximate surface area is 206 Å². The second-order valence-electron chi connectivity index (χ2n) is 7.88. The van der Waals surface area contributed by atoms with Crippen LogP contribution in [0.4, 0.5) is 5.69 Å². The first kappa shape index (κ1) is 25.9. The van der Waals surface area contributed by atoms with Crippen LogP contribution in [-0.2, 0) is 21.4 Å². The Morgan fingerprint density at radius 2 is 1.57 bits per heavy atom. The third kappa shape index (κ3) is 5.68. The van der Waals surface area contributed by atoms with Crippen molar-refractivity contribution in [3.05, 3.63) is 77.4 Å². The second kappa shape index (κ2) is 11.1. The van der Waals surface area contributed by atoms with Gasteiger partial charge in [0.25, 0.3) is 10.0 Å². The number of hydrogen-bond acceptors (Lipinski definition) is 6. The second-order valence-corrected chi connectivity index (χ2v) is 9.75. The van der Waals surface area contributed by atoms with Gasteiger partial charge in [-0.2, -0.15) is 0 Å². The molecule has 0 saturated heterocycles. The molecule has 3 rings (SSSR count). The number of anilines is 1. The predicted octanol–water partition coefficient (Wildman–Crippen LogP) is 3.84. The SMILES string of the molecule is COc1ccc(CNC(=O)CN(c2cc(C)ccc2C)S(=O)(=O)c2ccccc2)c(OC)c1OC. The fourth-order valence-electron chi connectivity index (χ4n) is 3.69. The largest absolute Gasteiger partial charge is 0.493 e. The molecule has 0 aliphatic carbocycles. The molecule has 3 aromatic rings. The molecule has 9 heteroatoms. The molecule has 35 heavy (non-hydrogen) atoms. The number of rotatable bonds is 10. The summed E-state index contributed by atoms with van der Waals surface area (Å²) in [6, 6.07) is 17.0. The Hall–Kier alpha value is -3.72. The number of benzene rings is 3. The normalized spacial score (nSPS) is 11.0. The van der Waals surface area contributed by atoms with Crippen molar-refractivity contribution in [3.8, 4) is 17.2 Å². The van der Waals surface area contributed by atoms with Gasteiger partial charge in [-0.3, -0.25) is 9.10 Å². The van der Waals surface area contributed by atoms with E-state index in [4.69, 9.17) is 14.2 Å². The zero-order chi connectivity index (χ0) is 25.6. The average molecular weight is 499 g/mol. The number of aryl methyl sites for hydroxylation is 2. The van der Waals surface area contributed by atoms with Crippen LogP contribution in [-0.4, -0.2) is 42.2 Å². The van der Waals surface area contributed by atoms with E-state index in [0.29, 0.717) is 28.5 Å².